The second-order valence-electron chi connectivity index (χ2n) is 6.53. The summed E-state index contributed by atoms with van der Waals surface area (Å²) in [6.07, 6.45) is 0.466. The third-order valence-electron chi connectivity index (χ3n) is 4.45. The van der Waals surface area contributed by atoms with Crippen molar-refractivity contribution in [2.45, 2.75) is 25.9 Å². The fraction of sp³-hybridized carbons (Fsp3) is 0.174. The molecular formula is C23H23NO2. The van der Waals surface area contributed by atoms with Gasteiger partial charge in [-0.1, -0.05) is 78.4 Å². The number of rotatable bonds is 7. The van der Waals surface area contributed by atoms with Crippen molar-refractivity contribution in [2.24, 2.45) is 0 Å². The molecule has 0 spiro atoms. The smallest absolute Gasteiger partial charge is 0.321 e. The van der Waals surface area contributed by atoms with Crippen molar-refractivity contribution in [3.63, 3.8) is 0 Å². The quantitative estimate of drug-likeness (QED) is 0.665. The molecule has 0 fully saturated rings. The van der Waals surface area contributed by atoms with Gasteiger partial charge in [-0.15, -0.1) is 0 Å². The molecule has 0 radical (unpaired) electrons. The SMILES string of the molecule is Cc1ccc(-c2cccc(CNC(Cc3ccccc3)C(=O)O)c2)cc1. The van der Waals surface area contributed by atoms with E-state index in [0.717, 1.165) is 22.3 Å². The minimum atomic E-state index is -0.830. The normalized spacial score (nSPS) is 11.9. The number of carbonyl (C=O) groups is 1. The highest BCUT2D eigenvalue weighted by Gasteiger charge is 2.17. The van der Waals surface area contributed by atoms with Crippen LogP contribution in [-0.4, -0.2) is 17.1 Å². The molecule has 0 aromatic heterocycles. The maximum Gasteiger partial charge on any atom is 0.321 e. The van der Waals surface area contributed by atoms with E-state index in [1.807, 2.05) is 42.5 Å². The first-order chi connectivity index (χ1) is 12.6. The number of hydrogen-bond acceptors (Lipinski definition) is 2. The maximum absolute atomic E-state index is 11.6. The van der Waals surface area contributed by atoms with E-state index >= 15 is 0 Å². The number of aliphatic carboxylic acids is 1. The van der Waals surface area contributed by atoms with Crippen LogP contribution in [-0.2, 0) is 17.8 Å². The lowest BCUT2D eigenvalue weighted by Gasteiger charge is -2.15. The van der Waals surface area contributed by atoms with Gasteiger partial charge in [-0.2, -0.15) is 0 Å². The summed E-state index contributed by atoms with van der Waals surface area (Å²) in [6, 6.07) is 25.7. The van der Waals surface area contributed by atoms with Crippen molar-refractivity contribution in [1.29, 1.82) is 0 Å². The maximum atomic E-state index is 11.6. The Balaban J connectivity index is 1.68. The molecule has 0 heterocycles. The van der Waals surface area contributed by atoms with E-state index in [-0.39, 0.29) is 0 Å². The second kappa shape index (κ2) is 8.45. The summed E-state index contributed by atoms with van der Waals surface area (Å²) in [5, 5.41) is 12.7. The van der Waals surface area contributed by atoms with Gasteiger partial charge in [-0.3, -0.25) is 4.79 Å². The number of benzene rings is 3. The first kappa shape index (κ1) is 17.9. The van der Waals surface area contributed by atoms with Crippen molar-refractivity contribution in [2.75, 3.05) is 0 Å². The summed E-state index contributed by atoms with van der Waals surface area (Å²) in [6.45, 7) is 2.59. The predicted octanol–water partition coefficient (Wildman–Crippen LogP) is 4.45. The molecule has 26 heavy (non-hydrogen) atoms. The van der Waals surface area contributed by atoms with Crippen LogP contribution in [0.3, 0.4) is 0 Å². The summed E-state index contributed by atoms with van der Waals surface area (Å²) in [4.78, 5) is 11.6. The Morgan fingerprint density at radius 2 is 1.58 bits per heavy atom. The van der Waals surface area contributed by atoms with Crippen molar-refractivity contribution >= 4 is 5.97 Å². The number of aryl methyl sites for hydroxylation is 1. The molecular weight excluding hydrogens is 322 g/mol. The molecule has 3 aromatic rings. The molecule has 2 N–H and O–H groups in total. The van der Waals surface area contributed by atoms with Gasteiger partial charge in [0.15, 0.2) is 0 Å². The van der Waals surface area contributed by atoms with Crippen LogP contribution < -0.4 is 5.32 Å². The average molecular weight is 345 g/mol. The molecule has 0 bridgehead atoms. The molecule has 3 heteroatoms. The van der Waals surface area contributed by atoms with Gasteiger partial charge in [0, 0.05) is 6.54 Å². The largest absolute Gasteiger partial charge is 0.480 e. The molecule has 0 aliphatic carbocycles. The summed E-state index contributed by atoms with van der Waals surface area (Å²) >= 11 is 0. The molecule has 3 rings (SSSR count). The topological polar surface area (TPSA) is 49.3 Å². The monoisotopic (exact) mass is 345 g/mol. The molecule has 0 saturated carbocycles. The van der Waals surface area contributed by atoms with Gasteiger partial charge in [0.2, 0.25) is 0 Å². The van der Waals surface area contributed by atoms with Crippen LogP contribution in [0.15, 0.2) is 78.9 Å². The summed E-state index contributed by atoms with van der Waals surface area (Å²) in [7, 11) is 0. The fourth-order valence-electron chi connectivity index (χ4n) is 2.94. The summed E-state index contributed by atoms with van der Waals surface area (Å²) in [5.41, 5.74) is 5.62. The van der Waals surface area contributed by atoms with Crippen molar-refractivity contribution in [3.8, 4) is 11.1 Å². The van der Waals surface area contributed by atoms with Crippen LogP contribution in [0.2, 0.25) is 0 Å². The van der Waals surface area contributed by atoms with Crippen LogP contribution in [0.1, 0.15) is 16.7 Å². The van der Waals surface area contributed by atoms with E-state index in [2.05, 4.69) is 48.6 Å². The first-order valence-corrected chi connectivity index (χ1v) is 8.78. The summed E-state index contributed by atoms with van der Waals surface area (Å²) in [5.74, 6) is -0.830. The van der Waals surface area contributed by atoms with Gasteiger partial charge in [-0.05, 0) is 41.7 Å². The van der Waals surface area contributed by atoms with Crippen LogP contribution in [0.4, 0.5) is 0 Å². The predicted molar refractivity (Wildman–Crippen MR) is 105 cm³/mol. The highest BCUT2D eigenvalue weighted by Crippen LogP contribution is 2.21. The Kier molecular flexibility index (Phi) is 5.82. The highest BCUT2D eigenvalue weighted by atomic mass is 16.4. The van der Waals surface area contributed by atoms with Crippen LogP contribution in [0.25, 0.3) is 11.1 Å². The third-order valence-corrected chi connectivity index (χ3v) is 4.45. The Labute approximate surface area is 154 Å². The molecule has 3 nitrogen and oxygen atoms in total. The molecule has 0 saturated heterocycles. The zero-order valence-electron chi connectivity index (χ0n) is 14.9. The number of hydrogen-bond donors (Lipinski definition) is 2. The molecule has 1 unspecified atom stereocenters. The van der Waals surface area contributed by atoms with Crippen LogP contribution in [0.5, 0.6) is 0 Å². The minimum Gasteiger partial charge on any atom is -0.480 e. The zero-order valence-corrected chi connectivity index (χ0v) is 14.9. The van der Waals surface area contributed by atoms with Gasteiger partial charge < -0.3 is 10.4 Å². The highest BCUT2D eigenvalue weighted by molar-refractivity contribution is 5.74. The lowest BCUT2D eigenvalue weighted by atomic mass is 10.0. The van der Waals surface area contributed by atoms with E-state index in [1.165, 1.54) is 5.56 Å². The fourth-order valence-corrected chi connectivity index (χ4v) is 2.94. The Hall–Kier alpha value is -2.91. The molecule has 3 aromatic carbocycles. The molecule has 132 valence electrons. The van der Waals surface area contributed by atoms with Gasteiger partial charge >= 0.3 is 5.97 Å². The third kappa shape index (κ3) is 4.80. The van der Waals surface area contributed by atoms with Crippen LogP contribution in [0, 0.1) is 6.92 Å². The Bertz CT molecular complexity index is 857. The second-order valence-corrected chi connectivity index (χ2v) is 6.53. The van der Waals surface area contributed by atoms with Gasteiger partial charge in [0.05, 0.1) is 0 Å². The number of nitrogens with one attached hydrogen (secondary N) is 1. The Morgan fingerprint density at radius 1 is 0.885 bits per heavy atom. The Morgan fingerprint density at radius 3 is 2.27 bits per heavy atom. The average Bonchev–Trinajstić information content (AvgIpc) is 2.66. The van der Waals surface area contributed by atoms with Gasteiger partial charge in [0.25, 0.3) is 0 Å². The minimum absolute atomic E-state index is 0.466. The van der Waals surface area contributed by atoms with Crippen LogP contribution >= 0.6 is 0 Å². The van der Waals surface area contributed by atoms with Crippen molar-refractivity contribution in [3.05, 3.63) is 95.6 Å². The standard InChI is InChI=1S/C23H23NO2/c1-17-10-12-20(13-11-17)21-9-5-8-19(14-21)16-24-22(23(25)26)15-18-6-3-2-4-7-18/h2-14,22,24H,15-16H2,1H3,(H,25,26). The number of carboxylic acid groups (broad SMARTS) is 1. The molecule has 0 aliphatic heterocycles. The lowest BCUT2D eigenvalue weighted by Crippen LogP contribution is -2.38. The van der Waals surface area contributed by atoms with Gasteiger partial charge in [-0.25, -0.2) is 0 Å². The van der Waals surface area contributed by atoms with Crippen molar-refractivity contribution < 1.29 is 9.90 Å². The van der Waals surface area contributed by atoms with E-state index in [4.69, 9.17) is 0 Å². The van der Waals surface area contributed by atoms with E-state index < -0.39 is 12.0 Å². The lowest BCUT2D eigenvalue weighted by molar-refractivity contribution is -0.139. The van der Waals surface area contributed by atoms with E-state index in [0.29, 0.717) is 13.0 Å². The van der Waals surface area contributed by atoms with E-state index in [9.17, 15) is 9.90 Å². The molecule has 0 amide bonds. The first-order valence-electron chi connectivity index (χ1n) is 8.78. The molecule has 1 atom stereocenters. The summed E-state index contributed by atoms with van der Waals surface area (Å²) < 4.78 is 0. The van der Waals surface area contributed by atoms with Gasteiger partial charge in [0.1, 0.15) is 6.04 Å². The van der Waals surface area contributed by atoms with E-state index in [1.54, 1.807) is 0 Å². The zero-order chi connectivity index (χ0) is 18.4. The number of carboxylic acids is 1. The van der Waals surface area contributed by atoms with Crippen molar-refractivity contribution in [1.82, 2.24) is 5.32 Å². The molecule has 0 aliphatic rings.